The van der Waals surface area contributed by atoms with Crippen LogP contribution in [0.1, 0.15) is 57.3 Å². The molecule has 0 bridgehead atoms. The maximum absolute atomic E-state index is 12.9. The van der Waals surface area contributed by atoms with Crippen LogP contribution in [0.3, 0.4) is 0 Å². The summed E-state index contributed by atoms with van der Waals surface area (Å²) >= 11 is 0. The molecule has 1 aromatic carbocycles. The summed E-state index contributed by atoms with van der Waals surface area (Å²) in [4.78, 5) is 30.0. The summed E-state index contributed by atoms with van der Waals surface area (Å²) in [5.41, 5.74) is 0.554. The number of amides is 1. The molecule has 1 saturated carbocycles. The Labute approximate surface area is 159 Å². The quantitative estimate of drug-likeness (QED) is 0.773. The second-order valence-corrected chi connectivity index (χ2v) is 7.42. The van der Waals surface area contributed by atoms with Crippen LogP contribution < -0.4 is 10.9 Å². The molecule has 1 aliphatic carbocycles. The zero-order valence-corrected chi connectivity index (χ0v) is 16.2. The maximum atomic E-state index is 12.9. The highest BCUT2D eigenvalue weighted by Crippen LogP contribution is 2.28. The first-order valence-corrected chi connectivity index (χ1v) is 9.88. The number of hydrogen-bond acceptors (Lipinski definition) is 4. The molecule has 1 heterocycles. The van der Waals surface area contributed by atoms with Crippen molar-refractivity contribution in [2.75, 3.05) is 13.7 Å². The summed E-state index contributed by atoms with van der Waals surface area (Å²) < 4.78 is 6.77. The van der Waals surface area contributed by atoms with Gasteiger partial charge in [0.05, 0.1) is 30.1 Å². The standard InChI is InChI=1S/C21H29N3O3/c1-15(22-19(25)12-11-16-7-3-4-8-16)20-23-18-10-6-5-9-17(18)21(26)24(20)13-14-27-2/h5-6,9-10,15-16H,3-4,7-8,11-14H2,1-2H3,(H,22,25). The first kappa shape index (κ1) is 19.5. The first-order chi connectivity index (χ1) is 13.1. The fourth-order valence-corrected chi connectivity index (χ4v) is 3.93. The molecule has 27 heavy (non-hydrogen) atoms. The number of ether oxygens (including phenoxy) is 1. The lowest BCUT2D eigenvalue weighted by Crippen LogP contribution is -2.34. The van der Waals surface area contributed by atoms with Crippen LogP contribution in [-0.4, -0.2) is 29.2 Å². The molecule has 146 valence electrons. The van der Waals surface area contributed by atoms with E-state index < -0.39 is 0 Å². The number of rotatable bonds is 8. The Morgan fingerprint density at radius 1 is 1.33 bits per heavy atom. The molecule has 1 N–H and O–H groups in total. The highest BCUT2D eigenvalue weighted by atomic mass is 16.5. The SMILES string of the molecule is COCCn1c(C(C)NC(=O)CCC2CCCC2)nc2ccccc2c1=O. The van der Waals surface area contributed by atoms with E-state index in [4.69, 9.17) is 4.74 Å². The minimum Gasteiger partial charge on any atom is -0.383 e. The average molecular weight is 371 g/mol. The number of methoxy groups -OCH3 is 1. The summed E-state index contributed by atoms with van der Waals surface area (Å²) in [5, 5.41) is 3.61. The number of hydrogen-bond donors (Lipinski definition) is 1. The molecule has 6 nitrogen and oxygen atoms in total. The van der Waals surface area contributed by atoms with Crippen LogP contribution >= 0.6 is 0 Å². The predicted octanol–water partition coefficient (Wildman–Crippen LogP) is 3.19. The summed E-state index contributed by atoms with van der Waals surface area (Å²) in [7, 11) is 1.60. The van der Waals surface area contributed by atoms with Crippen molar-refractivity contribution in [3.8, 4) is 0 Å². The summed E-state index contributed by atoms with van der Waals surface area (Å²) in [6.07, 6.45) is 6.53. The number of nitrogens with one attached hydrogen (secondary N) is 1. The van der Waals surface area contributed by atoms with Crippen molar-refractivity contribution >= 4 is 16.8 Å². The maximum Gasteiger partial charge on any atom is 0.261 e. The Hall–Kier alpha value is -2.21. The van der Waals surface area contributed by atoms with E-state index in [-0.39, 0.29) is 17.5 Å². The van der Waals surface area contributed by atoms with Crippen molar-refractivity contribution < 1.29 is 9.53 Å². The zero-order chi connectivity index (χ0) is 19.2. The molecular weight excluding hydrogens is 342 g/mol. The smallest absolute Gasteiger partial charge is 0.261 e. The van der Waals surface area contributed by atoms with E-state index in [1.165, 1.54) is 25.7 Å². The van der Waals surface area contributed by atoms with Gasteiger partial charge < -0.3 is 10.1 Å². The summed E-state index contributed by atoms with van der Waals surface area (Å²) in [5.74, 6) is 1.28. The number of carbonyl (C=O) groups excluding carboxylic acids is 1. The predicted molar refractivity (Wildman–Crippen MR) is 106 cm³/mol. The molecule has 0 aliphatic heterocycles. The van der Waals surface area contributed by atoms with Crippen LogP contribution in [0, 0.1) is 5.92 Å². The normalized spacial score (nSPS) is 15.9. The van der Waals surface area contributed by atoms with E-state index in [1.54, 1.807) is 17.7 Å². The lowest BCUT2D eigenvalue weighted by molar-refractivity contribution is -0.122. The Balaban J connectivity index is 1.78. The lowest BCUT2D eigenvalue weighted by Gasteiger charge is -2.20. The Bertz CT molecular complexity index is 840. The van der Waals surface area contributed by atoms with Gasteiger partial charge in [0.1, 0.15) is 5.82 Å². The molecule has 0 saturated heterocycles. The van der Waals surface area contributed by atoms with Gasteiger partial charge in [0.15, 0.2) is 0 Å². The molecule has 3 rings (SSSR count). The molecule has 1 aromatic heterocycles. The van der Waals surface area contributed by atoms with Crippen molar-refractivity contribution in [2.45, 2.75) is 58.0 Å². The second-order valence-electron chi connectivity index (χ2n) is 7.42. The molecular formula is C21H29N3O3. The van der Waals surface area contributed by atoms with Crippen molar-refractivity contribution in [1.82, 2.24) is 14.9 Å². The second kappa shape index (κ2) is 9.13. The van der Waals surface area contributed by atoms with E-state index in [0.717, 1.165) is 6.42 Å². The molecule has 1 fully saturated rings. The molecule has 0 spiro atoms. The van der Waals surface area contributed by atoms with Gasteiger partial charge in [-0.3, -0.25) is 14.2 Å². The van der Waals surface area contributed by atoms with E-state index in [1.807, 2.05) is 25.1 Å². The van der Waals surface area contributed by atoms with Crippen molar-refractivity contribution in [3.63, 3.8) is 0 Å². The van der Waals surface area contributed by atoms with Crippen molar-refractivity contribution in [1.29, 1.82) is 0 Å². The van der Waals surface area contributed by atoms with E-state index in [2.05, 4.69) is 10.3 Å². The Morgan fingerprint density at radius 3 is 2.81 bits per heavy atom. The zero-order valence-electron chi connectivity index (χ0n) is 16.2. The number of aromatic nitrogens is 2. The monoisotopic (exact) mass is 371 g/mol. The van der Waals surface area contributed by atoms with E-state index >= 15 is 0 Å². The van der Waals surface area contributed by atoms with Gasteiger partial charge in [0, 0.05) is 13.5 Å². The molecule has 6 heteroatoms. The average Bonchev–Trinajstić information content (AvgIpc) is 3.19. The highest BCUT2D eigenvalue weighted by Gasteiger charge is 2.20. The number of carbonyl (C=O) groups is 1. The third-order valence-electron chi connectivity index (χ3n) is 5.43. The number of fused-ring (bicyclic) bond motifs is 1. The van der Waals surface area contributed by atoms with Gasteiger partial charge in [0.25, 0.3) is 5.56 Å². The van der Waals surface area contributed by atoms with Crippen LogP contribution in [0.25, 0.3) is 10.9 Å². The van der Waals surface area contributed by atoms with Crippen LogP contribution in [0.2, 0.25) is 0 Å². The third kappa shape index (κ3) is 4.75. The van der Waals surface area contributed by atoms with Gasteiger partial charge in [-0.1, -0.05) is 37.8 Å². The number of nitrogens with zero attached hydrogens (tertiary/aromatic N) is 2. The fourth-order valence-electron chi connectivity index (χ4n) is 3.93. The third-order valence-corrected chi connectivity index (χ3v) is 5.43. The highest BCUT2D eigenvalue weighted by molar-refractivity contribution is 5.78. The minimum atomic E-state index is -0.338. The number of benzene rings is 1. The van der Waals surface area contributed by atoms with Crippen molar-refractivity contribution in [2.24, 2.45) is 5.92 Å². The van der Waals surface area contributed by atoms with Gasteiger partial charge in [0.2, 0.25) is 5.91 Å². The molecule has 1 atom stereocenters. The van der Waals surface area contributed by atoms with Gasteiger partial charge in [-0.25, -0.2) is 4.98 Å². The molecule has 1 amide bonds. The van der Waals surface area contributed by atoms with Gasteiger partial charge in [-0.05, 0) is 31.4 Å². The van der Waals surface area contributed by atoms with Crippen LogP contribution in [0.15, 0.2) is 29.1 Å². The summed E-state index contributed by atoms with van der Waals surface area (Å²) in [6, 6.07) is 6.97. The Kier molecular flexibility index (Phi) is 6.61. The first-order valence-electron chi connectivity index (χ1n) is 9.88. The van der Waals surface area contributed by atoms with Crippen LogP contribution in [-0.2, 0) is 16.1 Å². The van der Waals surface area contributed by atoms with E-state index in [9.17, 15) is 9.59 Å². The molecule has 2 aromatic rings. The summed E-state index contributed by atoms with van der Waals surface area (Å²) in [6.45, 7) is 2.70. The molecule has 0 radical (unpaired) electrons. The van der Waals surface area contributed by atoms with Gasteiger partial charge in [-0.15, -0.1) is 0 Å². The van der Waals surface area contributed by atoms with Gasteiger partial charge >= 0.3 is 0 Å². The topological polar surface area (TPSA) is 73.2 Å². The molecule has 1 aliphatic rings. The van der Waals surface area contributed by atoms with Crippen LogP contribution in [0.5, 0.6) is 0 Å². The Morgan fingerprint density at radius 2 is 2.07 bits per heavy atom. The van der Waals surface area contributed by atoms with Gasteiger partial charge in [-0.2, -0.15) is 0 Å². The lowest BCUT2D eigenvalue weighted by atomic mass is 10.0. The fraction of sp³-hybridized carbons (Fsp3) is 0.571. The van der Waals surface area contributed by atoms with E-state index in [0.29, 0.717) is 42.2 Å². The minimum absolute atomic E-state index is 0.0232. The largest absolute Gasteiger partial charge is 0.383 e. The van der Waals surface area contributed by atoms with Crippen molar-refractivity contribution in [3.05, 3.63) is 40.4 Å². The number of para-hydroxylation sites is 1. The molecule has 1 unspecified atom stereocenters. The van der Waals surface area contributed by atoms with Crippen LogP contribution in [0.4, 0.5) is 0 Å².